The molecule has 0 saturated carbocycles. The minimum atomic E-state index is -1.12. The van der Waals surface area contributed by atoms with Crippen molar-refractivity contribution in [1.82, 2.24) is 29.5 Å². The summed E-state index contributed by atoms with van der Waals surface area (Å²) in [5, 5.41) is 20.1. The first-order valence-electron chi connectivity index (χ1n) is 13.3. The van der Waals surface area contributed by atoms with Gasteiger partial charge in [0.1, 0.15) is 24.4 Å². The molecule has 5 rings (SSSR count). The Morgan fingerprint density at radius 3 is 2.93 bits per heavy atom. The van der Waals surface area contributed by atoms with Crippen LogP contribution in [0.1, 0.15) is 6.42 Å². The molecule has 1 atom stereocenters. The molecule has 11 nitrogen and oxygen atoms in total. The summed E-state index contributed by atoms with van der Waals surface area (Å²) in [6, 6.07) is 9.33. The zero-order chi connectivity index (χ0) is 28.8. The summed E-state index contributed by atoms with van der Waals surface area (Å²) in [5.74, 6) is -1.46. The summed E-state index contributed by atoms with van der Waals surface area (Å²) in [6.07, 6.45) is 5.42. The normalized spacial score (nSPS) is 16.1. The van der Waals surface area contributed by atoms with Gasteiger partial charge in [0, 0.05) is 49.9 Å². The SMILES string of the molecule is CN1CCN(CCCOc2ccc3c(Nc4cnn(CC(=O)Nc5cccc(F)c5F)c4)ncnc3c2)[C@@H](CO)C1. The van der Waals surface area contributed by atoms with Crippen LogP contribution in [-0.2, 0) is 11.3 Å². The number of anilines is 3. The van der Waals surface area contributed by atoms with Crippen molar-refractivity contribution < 1.29 is 23.4 Å². The summed E-state index contributed by atoms with van der Waals surface area (Å²) >= 11 is 0. The number of halogens is 2. The van der Waals surface area contributed by atoms with Gasteiger partial charge in [0.25, 0.3) is 0 Å². The van der Waals surface area contributed by atoms with Gasteiger partial charge >= 0.3 is 0 Å². The van der Waals surface area contributed by atoms with E-state index >= 15 is 0 Å². The number of carbonyl (C=O) groups excluding carboxylic acids is 1. The van der Waals surface area contributed by atoms with Crippen molar-refractivity contribution in [1.29, 1.82) is 0 Å². The number of carbonyl (C=O) groups is 1. The molecule has 3 N–H and O–H groups in total. The molecule has 41 heavy (non-hydrogen) atoms. The molecule has 1 amide bonds. The fourth-order valence-corrected chi connectivity index (χ4v) is 4.79. The number of ether oxygens (including phenoxy) is 1. The van der Waals surface area contributed by atoms with Gasteiger partial charge in [-0.25, -0.2) is 18.7 Å². The van der Waals surface area contributed by atoms with E-state index in [0.29, 0.717) is 29.4 Å². The summed E-state index contributed by atoms with van der Waals surface area (Å²) < 4.78 is 34.6. The molecule has 2 aromatic carbocycles. The van der Waals surface area contributed by atoms with Gasteiger partial charge in [-0.1, -0.05) is 6.07 Å². The Labute approximate surface area is 235 Å². The van der Waals surface area contributed by atoms with Crippen molar-refractivity contribution in [2.75, 3.05) is 57.1 Å². The maximum Gasteiger partial charge on any atom is 0.246 e. The predicted molar refractivity (Wildman–Crippen MR) is 150 cm³/mol. The van der Waals surface area contributed by atoms with E-state index < -0.39 is 17.5 Å². The van der Waals surface area contributed by atoms with Crippen molar-refractivity contribution >= 4 is 34.0 Å². The van der Waals surface area contributed by atoms with Gasteiger partial charge in [-0.15, -0.1) is 0 Å². The van der Waals surface area contributed by atoms with Gasteiger partial charge in [-0.05, 0) is 37.7 Å². The van der Waals surface area contributed by atoms with Crippen LogP contribution in [0, 0.1) is 11.6 Å². The summed E-state index contributed by atoms with van der Waals surface area (Å²) in [7, 11) is 2.07. The van der Waals surface area contributed by atoms with Crippen LogP contribution in [0.15, 0.2) is 55.1 Å². The number of fused-ring (bicyclic) bond motifs is 1. The molecule has 0 radical (unpaired) electrons. The lowest BCUT2D eigenvalue weighted by atomic mass is 10.2. The second-order valence-electron chi connectivity index (χ2n) is 9.94. The van der Waals surface area contributed by atoms with Crippen LogP contribution < -0.4 is 15.4 Å². The Hall–Kier alpha value is -4.20. The average Bonchev–Trinajstić information content (AvgIpc) is 3.40. The lowest BCUT2D eigenvalue weighted by molar-refractivity contribution is -0.116. The van der Waals surface area contributed by atoms with Crippen molar-refractivity contribution in [2.24, 2.45) is 0 Å². The molecule has 0 aliphatic carbocycles. The first kappa shape index (κ1) is 28.3. The van der Waals surface area contributed by atoms with Gasteiger partial charge in [-0.2, -0.15) is 5.10 Å². The Morgan fingerprint density at radius 1 is 1.20 bits per heavy atom. The molecule has 13 heteroatoms. The molecule has 216 valence electrons. The molecule has 1 fully saturated rings. The Balaban J connectivity index is 1.15. The first-order chi connectivity index (χ1) is 19.9. The van der Waals surface area contributed by atoms with Crippen LogP contribution in [0.25, 0.3) is 10.9 Å². The number of benzene rings is 2. The number of aliphatic hydroxyl groups excluding tert-OH is 1. The van der Waals surface area contributed by atoms with Crippen LogP contribution in [-0.4, -0.2) is 93.0 Å². The fraction of sp³-hybridized carbons (Fsp3) is 0.357. The van der Waals surface area contributed by atoms with Gasteiger partial charge in [-0.3, -0.25) is 14.4 Å². The highest BCUT2D eigenvalue weighted by Gasteiger charge is 2.24. The third-order valence-electron chi connectivity index (χ3n) is 6.91. The topological polar surface area (TPSA) is 121 Å². The van der Waals surface area contributed by atoms with Crippen molar-refractivity contribution in [2.45, 2.75) is 19.0 Å². The van der Waals surface area contributed by atoms with Crippen LogP contribution in [0.4, 0.5) is 26.0 Å². The van der Waals surface area contributed by atoms with E-state index in [0.717, 1.165) is 44.1 Å². The quantitative estimate of drug-likeness (QED) is 0.235. The van der Waals surface area contributed by atoms with E-state index in [-0.39, 0.29) is 24.9 Å². The van der Waals surface area contributed by atoms with Crippen LogP contribution in [0.3, 0.4) is 0 Å². The summed E-state index contributed by atoms with van der Waals surface area (Å²) in [6.45, 7) is 4.16. The number of nitrogens with zero attached hydrogens (tertiary/aromatic N) is 6. The van der Waals surface area contributed by atoms with E-state index in [1.54, 1.807) is 6.20 Å². The summed E-state index contributed by atoms with van der Waals surface area (Å²) in [4.78, 5) is 25.6. The molecule has 2 aromatic heterocycles. The molecular formula is C28H32F2N8O3. The fourth-order valence-electron chi connectivity index (χ4n) is 4.79. The van der Waals surface area contributed by atoms with Gasteiger partial charge in [0.2, 0.25) is 5.91 Å². The Morgan fingerprint density at radius 2 is 2.07 bits per heavy atom. The van der Waals surface area contributed by atoms with Crippen LogP contribution in [0.5, 0.6) is 5.75 Å². The maximum atomic E-state index is 13.8. The highest BCUT2D eigenvalue weighted by molar-refractivity contribution is 5.92. The largest absolute Gasteiger partial charge is 0.493 e. The number of aromatic nitrogens is 4. The highest BCUT2D eigenvalue weighted by Crippen LogP contribution is 2.26. The zero-order valence-corrected chi connectivity index (χ0v) is 22.6. The number of nitrogens with one attached hydrogen (secondary N) is 2. The average molecular weight is 567 g/mol. The number of aliphatic hydroxyl groups is 1. The minimum absolute atomic E-state index is 0.153. The molecule has 1 aliphatic rings. The monoisotopic (exact) mass is 566 g/mol. The second kappa shape index (κ2) is 13.0. The number of hydrogen-bond acceptors (Lipinski definition) is 9. The number of piperazine rings is 1. The van der Waals surface area contributed by atoms with Gasteiger partial charge in [0.15, 0.2) is 11.6 Å². The molecule has 1 saturated heterocycles. The first-order valence-corrected chi connectivity index (χ1v) is 13.3. The molecule has 0 spiro atoms. The van der Waals surface area contributed by atoms with Crippen molar-refractivity contribution in [3.05, 3.63) is 66.8 Å². The maximum absolute atomic E-state index is 13.8. The minimum Gasteiger partial charge on any atom is -0.493 e. The molecule has 4 aromatic rings. The second-order valence-corrected chi connectivity index (χ2v) is 9.94. The molecular weight excluding hydrogens is 534 g/mol. The van der Waals surface area contributed by atoms with E-state index in [9.17, 15) is 18.7 Å². The third-order valence-corrected chi connectivity index (χ3v) is 6.91. The lowest BCUT2D eigenvalue weighted by Gasteiger charge is -2.39. The number of amides is 1. The van der Waals surface area contributed by atoms with Crippen LogP contribution in [0.2, 0.25) is 0 Å². The van der Waals surface area contributed by atoms with E-state index in [1.807, 2.05) is 18.2 Å². The van der Waals surface area contributed by atoms with E-state index in [4.69, 9.17) is 4.74 Å². The lowest BCUT2D eigenvalue weighted by Crippen LogP contribution is -2.53. The smallest absolute Gasteiger partial charge is 0.246 e. The zero-order valence-electron chi connectivity index (χ0n) is 22.6. The van der Waals surface area contributed by atoms with Crippen molar-refractivity contribution in [3.8, 4) is 5.75 Å². The van der Waals surface area contributed by atoms with E-state index in [2.05, 4.69) is 42.5 Å². The number of likely N-dealkylation sites (N-methyl/N-ethyl adjacent to an activating group) is 1. The summed E-state index contributed by atoms with van der Waals surface area (Å²) in [5.41, 5.74) is 1.05. The molecule has 0 unspecified atom stereocenters. The van der Waals surface area contributed by atoms with Gasteiger partial charge < -0.3 is 25.4 Å². The molecule has 1 aliphatic heterocycles. The number of hydrogen-bond donors (Lipinski definition) is 3. The van der Waals surface area contributed by atoms with Crippen LogP contribution >= 0.6 is 0 Å². The Bertz CT molecular complexity index is 1500. The Kier molecular flexibility index (Phi) is 8.97. The van der Waals surface area contributed by atoms with Crippen molar-refractivity contribution in [3.63, 3.8) is 0 Å². The third kappa shape index (κ3) is 7.12. The predicted octanol–water partition coefficient (Wildman–Crippen LogP) is 2.86. The number of rotatable bonds is 11. The standard InChI is InChI=1S/C28H32F2N8O3/c1-36-9-10-37(20(15-36)17-39)8-3-11-41-21-6-7-22-25(12-21)31-18-32-28(22)34-19-13-33-38(14-19)16-26(40)35-24-5-2-4-23(29)27(24)30/h2,4-7,12-14,18,20,39H,3,8-11,15-17H2,1H3,(H,35,40)(H,31,32,34)/t20-/m1/s1. The highest BCUT2D eigenvalue weighted by atomic mass is 19.2. The molecule has 3 heterocycles. The van der Waals surface area contributed by atoms with Gasteiger partial charge in [0.05, 0.1) is 36.3 Å². The molecule has 0 bridgehead atoms. The van der Waals surface area contributed by atoms with E-state index in [1.165, 1.54) is 29.3 Å².